The summed E-state index contributed by atoms with van der Waals surface area (Å²) in [5.74, 6) is 0.840. The van der Waals surface area contributed by atoms with Crippen LogP contribution < -0.4 is 5.56 Å². The molecule has 0 radical (unpaired) electrons. The fourth-order valence-electron chi connectivity index (χ4n) is 2.93. The molecular weight excluding hydrogens is 374 g/mol. The number of allylic oxidation sites excluding steroid dienone is 1. The van der Waals surface area contributed by atoms with E-state index in [1.807, 2.05) is 25.1 Å². The molecule has 0 fully saturated rings. The summed E-state index contributed by atoms with van der Waals surface area (Å²) in [6, 6.07) is 12.3. The van der Waals surface area contributed by atoms with Crippen LogP contribution >= 0.6 is 23.1 Å². The van der Waals surface area contributed by atoms with Crippen LogP contribution in [0.1, 0.15) is 24.8 Å². The second-order valence-corrected chi connectivity index (χ2v) is 8.23. The van der Waals surface area contributed by atoms with Crippen LogP contribution in [-0.4, -0.2) is 15.3 Å². The summed E-state index contributed by atoms with van der Waals surface area (Å²) in [6.07, 6.45) is 4.10. The number of aryl methyl sites for hydroxylation is 1. The van der Waals surface area contributed by atoms with E-state index in [1.165, 1.54) is 0 Å². The van der Waals surface area contributed by atoms with Crippen molar-refractivity contribution in [3.05, 3.63) is 58.9 Å². The highest BCUT2D eigenvalue weighted by atomic mass is 32.2. The molecule has 0 unspecified atom stereocenters. The highest BCUT2D eigenvalue weighted by molar-refractivity contribution is 7.99. The normalized spacial score (nSPS) is 10.8. The Morgan fingerprint density at radius 1 is 1.33 bits per heavy atom. The minimum absolute atomic E-state index is 0.00430. The zero-order valence-corrected chi connectivity index (χ0v) is 16.9. The minimum Gasteiger partial charge on any atom is -0.283 e. The van der Waals surface area contributed by atoms with E-state index in [9.17, 15) is 4.79 Å². The van der Waals surface area contributed by atoms with Gasteiger partial charge < -0.3 is 0 Å². The van der Waals surface area contributed by atoms with Crippen LogP contribution in [0.5, 0.6) is 0 Å². The van der Waals surface area contributed by atoms with Gasteiger partial charge in [0.2, 0.25) is 0 Å². The summed E-state index contributed by atoms with van der Waals surface area (Å²) in [7, 11) is 0. The molecule has 0 spiro atoms. The van der Waals surface area contributed by atoms with Crippen molar-refractivity contribution in [1.29, 1.82) is 5.26 Å². The molecule has 0 aliphatic carbocycles. The second kappa shape index (κ2) is 9.03. The predicted octanol–water partition coefficient (Wildman–Crippen LogP) is 5.41. The minimum atomic E-state index is -0.00430. The van der Waals surface area contributed by atoms with Crippen molar-refractivity contribution in [1.82, 2.24) is 9.55 Å². The van der Waals surface area contributed by atoms with Crippen molar-refractivity contribution in [2.24, 2.45) is 0 Å². The molecule has 2 heterocycles. The Labute approximate surface area is 167 Å². The lowest BCUT2D eigenvalue weighted by atomic mass is 10.1. The summed E-state index contributed by atoms with van der Waals surface area (Å²) in [6.45, 7) is 6.22. The van der Waals surface area contributed by atoms with Gasteiger partial charge in [0, 0.05) is 23.6 Å². The van der Waals surface area contributed by atoms with E-state index in [0.29, 0.717) is 18.4 Å². The van der Waals surface area contributed by atoms with Gasteiger partial charge in [-0.25, -0.2) is 4.98 Å². The Bertz CT molecular complexity index is 1050. The van der Waals surface area contributed by atoms with Gasteiger partial charge in [-0.2, -0.15) is 5.26 Å². The Balaban J connectivity index is 2.03. The molecule has 0 N–H and O–H groups in total. The van der Waals surface area contributed by atoms with Crippen molar-refractivity contribution in [2.75, 3.05) is 5.75 Å². The molecule has 0 bridgehead atoms. The summed E-state index contributed by atoms with van der Waals surface area (Å²) < 4.78 is 1.71. The predicted molar refractivity (Wildman–Crippen MR) is 114 cm³/mol. The highest BCUT2D eigenvalue weighted by Gasteiger charge is 2.18. The molecule has 27 heavy (non-hydrogen) atoms. The Morgan fingerprint density at radius 3 is 2.81 bits per heavy atom. The topological polar surface area (TPSA) is 58.7 Å². The van der Waals surface area contributed by atoms with Crippen LogP contribution in [0, 0.1) is 18.3 Å². The number of aromatic nitrogens is 2. The van der Waals surface area contributed by atoms with E-state index in [4.69, 9.17) is 10.2 Å². The first kappa shape index (κ1) is 19.4. The standard InChI is InChI=1S/C21H21N3OS2/c1-3-13-24-20(25)17-15(2)18(16-10-6-4-7-11-16)27-19(17)23-21(24)26-14-9-5-8-12-22/h3-4,6-7,10-11H,1,5,8-9,13-14H2,2H3. The molecule has 3 rings (SSSR count). The van der Waals surface area contributed by atoms with Crippen molar-refractivity contribution >= 4 is 33.3 Å². The maximum atomic E-state index is 13.2. The maximum absolute atomic E-state index is 13.2. The zero-order chi connectivity index (χ0) is 19.2. The van der Waals surface area contributed by atoms with Gasteiger partial charge in [0.1, 0.15) is 4.83 Å². The van der Waals surface area contributed by atoms with Crippen LogP contribution in [0.15, 0.2) is 52.9 Å². The SMILES string of the molecule is C=CCn1c(SCCCCC#N)nc2sc(-c3ccccc3)c(C)c2c1=O. The molecule has 0 aliphatic rings. The van der Waals surface area contributed by atoms with Gasteiger partial charge in [-0.1, -0.05) is 48.2 Å². The summed E-state index contributed by atoms with van der Waals surface area (Å²) in [5.41, 5.74) is 2.09. The van der Waals surface area contributed by atoms with E-state index in [0.717, 1.165) is 44.6 Å². The third-order valence-corrected chi connectivity index (χ3v) is 6.57. The van der Waals surface area contributed by atoms with Crippen molar-refractivity contribution in [3.8, 4) is 16.5 Å². The lowest BCUT2D eigenvalue weighted by Gasteiger charge is -2.10. The monoisotopic (exact) mass is 395 g/mol. The smallest absolute Gasteiger partial charge is 0.263 e. The van der Waals surface area contributed by atoms with Gasteiger partial charge in [-0.3, -0.25) is 9.36 Å². The number of fused-ring (bicyclic) bond motifs is 1. The number of hydrogen-bond donors (Lipinski definition) is 0. The molecule has 0 aliphatic heterocycles. The highest BCUT2D eigenvalue weighted by Crippen LogP contribution is 2.36. The van der Waals surface area contributed by atoms with Crippen molar-refractivity contribution < 1.29 is 0 Å². The number of benzene rings is 1. The number of unbranched alkanes of at least 4 members (excludes halogenated alkanes) is 2. The number of nitrogens with zero attached hydrogens (tertiary/aromatic N) is 3. The van der Waals surface area contributed by atoms with Gasteiger partial charge >= 0.3 is 0 Å². The van der Waals surface area contributed by atoms with Crippen LogP contribution in [0.25, 0.3) is 20.7 Å². The van der Waals surface area contributed by atoms with Crippen LogP contribution in [-0.2, 0) is 6.54 Å². The molecule has 3 aromatic rings. The molecule has 2 aromatic heterocycles. The first-order valence-corrected chi connectivity index (χ1v) is 10.7. The van der Waals surface area contributed by atoms with E-state index >= 15 is 0 Å². The lowest BCUT2D eigenvalue weighted by Crippen LogP contribution is -2.22. The number of rotatable bonds is 8. The molecule has 138 valence electrons. The molecule has 1 aromatic carbocycles. The van der Waals surface area contributed by atoms with Crippen LogP contribution in [0.3, 0.4) is 0 Å². The number of hydrogen-bond acceptors (Lipinski definition) is 5. The summed E-state index contributed by atoms with van der Waals surface area (Å²) >= 11 is 3.15. The molecule has 0 saturated carbocycles. The van der Waals surface area contributed by atoms with Gasteiger partial charge in [0.05, 0.1) is 11.5 Å². The van der Waals surface area contributed by atoms with E-state index in [2.05, 4.69) is 24.8 Å². The average molecular weight is 396 g/mol. The average Bonchev–Trinajstić information content (AvgIpc) is 3.01. The first-order chi connectivity index (χ1) is 13.2. The van der Waals surface area contributed by atoms with Gasteiger partial charge in [0.15, 0.2) is 5.16 Å². The molecule has 6 heteroatoms. The van der Waals surface area contributed by atoms with Gasteiger partial charge in [-0.15, -0.1) is 17.9 Å². The Morgan fingerprint density at radius 2 is 2.11 bits per heavy atom. The fraction of sp³-hybridized carbons (Fsp3) is 0.286. The fourth-order valence-corrected chi connectivity index (χ4v) is 5.17. The van der Waals surface area contributed by atoms with Crippen LogP contribution in [0.2, 0.25) is 0 Å². The first-order valence-electron chi connectivity index (χ1n) is 8.87. The zero-order valence-electron chi connectivity index (χ0n) is 15.3. The number of thioether (sulfide) groups is 1. The lowest BCUT2D eigenvalue weighted by molar-refractivity contribution is 0.671. The number of thiophene rings is 1. The molecule has 0 saturated heterocycles. The van der Waals surface area contributed by atoms with Crippen molar-refractivity contribution in [3.63, 3.8) is 0 Å². The van der Waals surface area contributed by atoms with E-state index in [-0.39, 0.29) is 5.56 Å². The third-order valence-electron chi connectivity index (χ3n) is 4.28. The summed E-state index contributed by atoms with van der Waals surface area (Å²) in [4.78, 5) is 19.9. The Kier molecular flexibility index (Phi) is 6.49. The largest absolute Gasteiger partial charge is 0.283 e. The Hall–Kier alpha value is -2.36. The van der Waals surface area contributed by atoms with Gasteiger partial charge in [0.25, 0.3) is 5.56 Å². The van der Waals surface area contributed by atoms with Crippen LogP contribution in [0.4, 0.5) is 0 Å². The maximum Gasteiger partial charge on any atom is 0.263 e. The molecule has 0 amide bonds. The molecular formula is C21H21N3OS2. The summed E-state index contributed by atoms with van der Waals surface area (Å²) in [5, 5.41) is 10.1. The van der Waals surface area contributed by atoms with Crippen molar-refractivity contribution in [2.45, 2.75) is 37.9 Å². The third kappa shape index (κ3) is 4.15. The molecule has 0 atom stereocenters. The number of nitriles is 1. The second-order valence-electron chi connectivity index (χ2n) is 6.16. The quantitative estimate of drug-likeness (QED) is 0.222. The van der Waals surface area contributed by atoms with E-state index in [1.54, 1.807) is 33.7 Å². The molecule has 4 nitrogen and oxygen atoms in total. The van der Waals surface area contributed by atoms with Gasteiger partial charge in [-0.05, 0) is 30.9 Å². The van der Waals surface area contributed by atoms with E-state index < -0.39 is 0 Å².